The van der Waals surface area contributed by atoms with Crippen molar-refractivity contribution in [1.82, 2.24) is 0 Å². The maximum Gasteiger partial charge on any atom is 0.136 e. The first kappa shape index (κ1) is 24.2. The highest BCUT2D eigenvalue weighted by molar-refractivity contribution is 6.16. The normalized spacial score (nSPS) is 12.8. The summed E-state index contributed by atoms with van der Waals surface area (Å²) in [4.78, 5) is 0. The number of rotatable bonds is 3. The Morgan fingerprint density at radius 3 is 1.77 bits per heavy atom. The second kappa shape index (κ2) is 9.58. The lowest BCUT2D eigenvalue weighted by molar-refractivity contribution is 0.669. The first-order valence-corrected chi connectivity index (χ1v) is 15.1. The van der Waals surface area contributed by atoms with Crippen molar-refractivity contribution < 1.29 is 4.42 Å². The first-order chi connectivity index (χ1) is 21.3. The second-order valence-corrected chi connectivity index (χ2v) is 11.5. The van der Waals surface area contributed by atoms with Crippen molar-refractivity contribution >= 4 is 55.6 Å². The average Bonchev–Trinajstić information content (AvgIpc) is 3.46. The van der Waals surface area contributed by atoms with E-state index in [1.807, 2.05) is 6.07 Å². The van der Waals surface area contributed by atoms with E-state index in [9.17, 15) is 0 Å². The Kier molecular flexibility index (Phi) is 5.39. The van der Waals surface area contributed by atoms with Crippen LogP contribution in [0.4, 0.5) is 0 Å². The van der Waals surface area contributed by atoms with E-state index < -0.39 is 0 Å². The molecule has 43 heavy (non-hydrogen) atoms. The molecule has 0 amide bonds. The molecular formula is C42H28O. The highest BCUT2D eigenvalue weighted by atomic mass is 16.3. The van der Waals surface area contributed by atoms with Gasteiger partial charge in [0.2, 0.25) is 0 Å². The van der Waals surface area contributed by atoms with Crippen LogP contribution in [0, 0.1) is 0 Å². The molecule has 0 bridgehead atoms. The number of furan rings is 1. The number of hydrogen-bond acceptors (Lipinski definition) is 1. The Balaban J connectivity index is 1.31. The minimum absolute atomic E-state index is 0.932. The van der Waals surface area contributed by atoms with Gasteiger partial charge in [-0.3, -0.25) is 0 Å². The number of fused-ring (bicyclic) bond motifs is 6. The third-order valence-corrected chi connectivity index (χ3v) is 9.10. The van der Waals surface area contributed by atoms with E-state index in [0.29, 0.717) is 0 Å². The molecule has 1 aromatic heterocycles. The molecule has 8 aromatic rings. The highest BCUT2D eigenvalue weighted by Crippen LogP contribution is 2.39. The van der Waals surface area contributed by atoms with Crippen LogP contribution in [0.25, 0.3) is 89.0 Å². The van der Waals surface area contributed by atoms with Gasteiger partial charge in [0, 0.05) is 10.8 Å². The molecule has 0 N–H and O–H groups in total. The van der Waals surface area contributed by atoms with Crippen LogP contribution in [0.15, 0.2) is 138 Å². The molecule has 1 nitrogen and oxygen atoms in total. The molecule has 0 saturated heterocycles. The molecule has 1 aliphatic rings. The molecule has 1 aliphatic carbocycles. The summed E-state index contributed by atoms with van der Waals surface area (Å²) in [7, 11) is 0. The fraction of sp³-hybridized carbons (Fsp3) is 0.0476. The SMILES string of the molecule is C1=c2c(-c3ccc(-c4cccc5ccccc45)cc3)c3ccccc3c(-c3cccc4oc5ccccc5c34)c2=CCC1. The third kappa shape index (κ3) is 3.72. The molecule has 0 spiro atoms. The highest BCUT2D eigenvalue weighted by Gasteiger charge is 2.19. The number of hydrogen-bond donors (Lipinski definition) is 0. The summed E-state index contributed by atoms with van der Waals surface area (Å²) >= 11 is 0. The van der Waals surface area contributed by atoms with Gasteiger partial charge in [-0.25, -0.2) is 0 Å². The summed E-state index contributed by atoms with van der Waals surface area (Å²) in [5, 5.41) is 10.1. The summed E-state index contributed by atoms with van der Waals surface area (Å²) in [5.41, 5.74) is 9.48. The third-order valence-electron chi connectivity index (χ3n) is 9.10. The predicted molar refractivity (Wildman–Crippen MR) is 182 cm³/mol. The summed E-state index contributed by atoms with van der Waals surface area (Å²) in [5.74, 6) is 0. The van der Waals surface area contributed by atoms with Crippen molar-refractivity contribution in [1.29, 1.82) is 0 Å². The lowest BCUT2D eigenvalue weighted by Gasteiger charge is -2.18. The Labute approximate surface area is 249 Å². The van der Waals surface area contributed by atoms with E-state index in [2.05, 4.69) is 140 Å². The molecule has 0 radical (unpaired) electrons. The van der Waals surface area contributed by atoms with Crippen molar-refractivity contribution in [2.24, 2.45) is 0 Å². The largest absolute Gasteiger partial charge is 0.456 e. The maximum atomic E-state index is 6.32. The zero-order valence-electron chi connectivity index (χ0n) is 23.7. The Morgan fingerprint density at radius 1 is 0.395 bits per heavy atom. The van der Waals surface area contributed by atoms with Gasteiger partial charge in [0.15, 0.2) is 0 Å². The Hall–Kier alpha value is -5.40. The van der Waals surface area contributed by atoms with Crippen molar-refractivity contribution in [3.8, 4) is 33.4 Å². The molecule has 9 rings (SSSR count). The van der Waals surface area contributed by atoms with Crippen LogP contribution in [-0.2, 0) is 0 Å². The van der Waals surface area contributed by atoms with E-state index in [4.69, 9.17) is 4.42 Å². The van der Waals surface area contributed by atoms with Gasteiger partial charge in [-0.2, -0.15) is 0 Å². The Bertz CT molecular complexity index is 2490. The van der Waals surface area contributed by atoms with Gasteiger partial charge >= 0.3 is 0 Å². The molecule has 0 fully saturated rings. The lowest BCUT2D eigenvalue weighted by Crippen LogP contribution is -2.31. The van der Waals surface area contributed by atoms with E-state index in [1.165, 1.54) is 76.1 Å². The second-order valence-electron chi connectivity index (χ2n) is 11.5. The zero-order chi connectivity index (χ0) is 28.3. The molecule has 1 heterocycles. The minimum Gasteiger partial charge on any atom is -0.456 e. The average molecular weight is 549 g/mol. The van der Waals surface area contributed by atoms with Gasteiger partial charge in [0.1, 0.15) is 11.2 Å². The fourth-order valence-corrected chi connectivity index (χ4v) is 7.24. The molecular weight excluding hydrogens is 520 g/mol. The summed E-state index contributed by atoms with van der Waals surface area (Å²) in [6, 6.07) is 48.2. The zero-order valence-corrected chi connectivity index (χ0v) is 23.7. The van der Waals surface area contributed by atoms with Gasteiger partial charge in [-0.15, -0.1) is 0 Å². The molecule has 0 saturated carbocycles. The van der Waals surface area contributed by atoms with Gasteiger partial charge in [-0.1, -0.05) is 133 Å². The van der Waals surface area contributed by atoms with Gasteiger partial charge < -0.3 is 4.42 Å². The predicted octanol–water partition coefficient (Wildman–Crippen LogP) is 10.2. The lowest BCUT2D eigenvalue weighted by atomic mass is 9.85. The fourth-order valence-electron chi connectivity index (χ4n) is 7.24. The summed E-state index contributed by atoms with van der Waals surface area (Å²) < 4.78 is 6.32. The van der Waals surface area contributed by atoms with Crippen LogP contribution in [0.3, 0.4) is 0 Å². The quantitative estimate of drug-likeness (QED) is 0.214. The molecule has 0 unspecified atom stereocenters. The van der Waals surface area contributed by atoms with E-state index in [1.54, 1.807) is 0 Å². The molecule has 202 valence electrons. The van der Waals surface area contributed by atoms with Crippen LogP contribution in [0.1, 0.15) is 12.8 Å². The van der Waals surface area contributed by atoms with E-state index >= 15 is 0 Å². The number of benzene rings is 7. The van der Waals surface area contributed by atoms with Crippen LogP contribution >= 0.6 is 0 Å². The monoisotopic (exact) mass is 548 g/mol. The van der Waals surface area contributed by atoms with E-state index in [-0.39, 0.29) is 0 Å². The van der Waals surface area contributed by atoms with Crippen LogP contribution < -0.4 is 10.4 Å². The van der Waals surface area contributed by atoms with E-state index in [0.717, 1.165) is 24.0 Å². The molecule has 1 heteroatoms. The Morgan fingerprint density at radius 2 is 0.953 bits per heavy atom. The maximum absolute atomic E-state index is 6.32. The minimum atomic E-state index is 0.932. The smallest absolute Gasteiger partial charge is 0.136 e. The summed E-state index contributed by atoms with van der Waals surface area (Å²) in [6.45, 7) is 0. The molecule has 7 aromatic carbocycles. The first-order valence-electron chi connectivity index (χ1n) is 15.1. The van der Waals surface area contributed by atoms with Crippen LogP contribution in [0.5, 0.6) is 0 Å². The standard InChI is InChI=1S/C42H28O/c1-2-13-30-27(11-1)12-9-19-31(30)28-23-25-29(26-24-28)40-32-14-3-5-16-34(32)41(35-17-6-4-15-33(35)40)37-20-10-22-39-42(37)36-18-7-8-21-38(36)43-39/h1-3,5,7-26H,4,6H2. The molecule has 0 aliphatic heterocycles. The van der Waals surface area contributed by atoms with Crippen LogP contribution in [-0.4, -0.2) is 0 Å². The van der Waals surface area contributed by atoms with Crippen LogP contribution in [0.2, 0.25) is 0 Å². The number of para-hydroxylation sites is 1. The molecule has 0 atom stereocenters. The van der Waals surface area contributed by atoms with Crippen molar-refractivity contribution in [2.75, 3.05) is 0 Å². The van der Waals surface area contributed by atoms with Crippen molar-refractivity contribution in [2.45, 2.75) is 12.8 Å². The topological polar surface area (TPSA) is 13.1 Å². The van der Waals surface area contributed by atoms with Crippen molar-refractivity contribution in [3.63, 3.8) is 0 Å². The summed E-state index contributed by atoms with van der Waals surface area (Å²) in [6.07, 6.45) is 6.99. The van der Waals surface area contributed by atoms with Gasteiger partial charge in [0.25, 0.3) is 0 Å². The van der Waals surface area contributed by atoms with Crippen molar-refractivity contribution in [3.05, 3.63) is 144 Å². The van der Waals surface area contributed by atoms with Gasteiger partial charge in [-0.05, 0) is 90.3 Å². The van der Waals surface area contributed by atoms with Gasteiger partial charge in [0.05, 0.1) is 0 Å².